The topological polar surface area (TPSA) is 0 Å². The van der Waals surface area contributed by atoms with Gasteiger partial charge in [0, 0.05) is 0 Å². The fraction of sp³-hybridized carbons (Fsp3) is 0.571. The first-order valence-electron chi connectivity index (χ1n) is 6.15. The van der Waals surface area contributed by atoms with Gasteiger partial charge in [0.1, 0.15) is 6.71 Å². The molecular weight excluding hydrogens is 179 g/mol. The van der Waals surface area contributed by atoms with E-state index in [9.17, 15) is 0 Å². The fourth-order valence-corrected chi connectivity index (χ4v) is 0.385. The smallest absolute Gasteiger partial charge is 0.0865 e. The monoisotopic (exact) mass is 208 g/mol. The highest BCUT2D eigenvalue weighted by molar-refractivity contribution is 6.54. The highest BCUT2D eigenvalue weighted by atomic mass is 13.6. The average Bonchev–Trinajstić information content (AvgIpc) is 2.24. The predicted octanol–water partition coefficient (Wildman–Crippen LogP) is 5.50. The molecule has 0 aliphatic carbocycles. The van der Waals surface area contributed by atoms with Crippen LogP contribution in [-0.4, -0.2) is 6.71 Å². The first-order valence-corrected chi connectivity index (χ1v) is 6.15. The molecule has 0 bridgehead atoms. The first-order chi connectivity index (χ1) is 7.15. The van der Waals surface area contributed by atoms with Gasteiger partial charge in [-0.1, -0.05) is 91.0 Å². The number of benzene rings is 1. The van der Waals surface area contributed by atoms with Gasteiger partial charge in [-0.25, -0.2) is 0 Å². The van der Waals surface area contributed by atoms with Crippen molar-refractivity contribution in [2.24, 2.45) is 0 Å². The van der Waals surface area contributed by atoms with Gasteiger partial charge in [-0.2, -0.15) is 0 Å². The second-order valence-corrected chi connectivity index (χ2v) is 3.59. The van der Waals surface area contributed by atoms with Crippen molar-refractivity contribution in [3.8, 4) is 0 Å². The van der Waals surface area contributed by atoms with Crippen LogP contribution in [0.25, 0.3) is 0 Å². The molecule has 0 saturated carbocycles. The summed E-state index contributed by atoms with van der Waals surface area (Å²) in [5.41, 5.74) is 0. The van der Waals surface area contributed by atoms with E-state index in [1.807, 2.05) is 50.2 Å². The number of hydrogen-bond acceptors (Lipinski definition) is 0. The van der Waals surface area contributed by atoms with Crippen molar-refractivity contribution >= 4 is 6.71 Å². The summed E-state index contributed by atoms with van der Waals surface area (Å²) in [6.45, 7) is 15.6. The number of rotatable bonds is 0. The van der Waals surface area contributed by atoms with Crippen molar-refractivity contribution in [2.75, 3.05) is 0 Å². The minimum Gasteiger partial charge on any atom is -0.0865 e. The quantitative estimate of drug-likeness (QED) is 0.494. The third-order valence-electron chi connectivity index (χ3n) is 0.667. The van der Waals surface area contributed by atoms with Gasteiger partial charge < -0.3 is 0 Å². The van der Waals surface area contributed by atoms with Crippen molar-refractivity contribution < 1.29 is 0 Å². The molecule has 0 spiro atoms. The summed E-state index contributed by atoms with van der Waals surface area (Å²) in [5.74, 6) is 0. The molecule has 0 atom stereocenters. The fourth-order valence-electron chi connectivity index (χ4n) is 0.385. The van der Waals surface area contributed by atoms with Gasteiger partial charge in [0.25, 0.3) is 0 Å². The van der Waals surface area contributed by atoms with Crippen LogP contribution in [0.2, 0.25) is 20.5 Å². The van der Waals surface area contributed by atoms with Crippen molar-refractivity contribution in [1.29, 1.82) is 0 Å². The molecule has 88 valence electrons. The lowest BCUT2D eigenvalue weighted by Gasteiger charge is -1.71. The minimum absolute atomic E-state index is 0.833. The van der Waals surface area contributed by atoms with E-state index in [-0.39, 0.29) is 0 Å². The van der Waals surface area contributed by atoms with E-state index in [1.165, 1.54) is 6.42 Å². The zero-order valence-electron chi connectivity index (χ0n) is 11.7. The molecule has 1 aromatic carbocycles. The standard InChI is InChI=1S/C6H6.C3H9B.C3H8.C2H6/c1-2-4-6-5-3-1;1-4(2)3;1-3-2;1-2/h1-6H;1-3H3;3H2,1-2H3;1-2H3. The lowest BCUT2D eigenvalue weighted by Crippen LogP contribution is -1.84. The molecule has 0 fully saturated rings. The summed E-state index contributed by atoms with van der Waals surface area (Å²) in [7, 11) is 0. The van der Waals surface area contributed by atoms with Crippen LogP contribution in [0.5, 0.6) is 0 Å². The molecule has 0 saturated heterocycles. The van der Waals surface area contributed by atoms with Gasteiger partial charge in [0.2, 0.25) is 0 Å². The maximum atomic E-state index is 2.17. The molecule has 0 N–H and O–H groups in total. The van der Waals surface area contributed by atoms with Gasteiger partial charge in [0.15, 0.2) is 0 Å². The van der Waals surface area contributed by atoms with E-state index >= 15 is 0 Å². The summed E-state index contributed by atoms with van der Waals surface area (Å²) < 4.78 is 0. The van der Waals surface area contributed by atoms with Crippen LogP contribution in [0, 0.1) is 0 Å². The van der Waals surface area contributed by atoms with E-state index in [2.05, 4.69) is 34.3 Å². The average molecular weight is 208 g/mol. The van der Waals surface area contributed by atoms with Gasteiger partial charge >= 0.3 is 0 Å². The Kier molecular flexibility index (Phi) is 30.7. The Bertz CT molecular complexity index is 117. The van der Waals surface area contributed by atoms with Crippen LogP contribution < -0.4 is 0 Å². The Morgan fingerprint density at radius 1 is 0.667 bits per heavy atom. The molecule has 0 aliphatic heterocycles. The lowest BCUT2D eigenvalue weighted by molar-refractivity contribution is 1.09. The van der Waals surface area contributed by atoms with Gasteiger partial charge in [-0.3, -0.25) is 0 Å². The Balaban J connectivity index is -0.000000142. The van der Waals surface area contributed by atoms with Crippen LogP contribution in [0.3, 0.4) is 0 Å². The zero-order chi connectivity index (χ0) is 12.5. The molecule has 0 radical (unpaired) electrons. The highest BCUT2D eigenvalue weighted by Crippen LogP contribution is 1.79. The maximum Gasteiger partial charge on any atom is 0.130 e. The Labute approximate surface area is 98.2 Å². The normalized spacial score (nSPS) is 6.60. The van der Waals surface area contributed by atoms with Crippen LogP contribution in [0.4, 0.5) is 0 Å². The van der Waals surface area contributed by atoms with Crippen LogP contribution in [0.1, 0.15) is 34.1 Å². The van der Waals surface area contributed by atoms with Crippen LogP contribution in [-0.2, 0) is 0 Å². The van der Waals surface area contributed by atoms with Crippen LogP contribution in [0.15, 0.2) is 36.4 Å². The summed E-state index contributed by atoms with van der Waals surface area (Å²) in [5, 5.41) is 0. The summed E-state index contributed by atoms with van der Waals surface area (Å²) in [4.78, 5) is 0. The third-order valence-corrected chi connectivity index (χ3v) is 0.667. The van der Waals surface area contributed by atoms with E-state index < -0.39 is 0 Å². The minimum atomic E-state index is 0.833. The predicted molar refractivity (Wildman–Crippen MR) is 77.1 cm³/mol. The summed E-state index contributed by atoms with van der Waals surface area (Å²) >= 11 is 0. The zero-order valence-corrected chi connectivity index (χ0v) is 11.7. The molecule has 0 aromatic heterocycles. The maximum absolute atomic E-state index is 2.17. The molecule has 0 heterocycles. The third kappa shape index (κ3) is 60.6. The second kappa shape index (κ2) is 23.3. The Hall–Kier alpha value is -0.715. The van der Waals surface area contributed by atoms with E-state index in [0.717, 1.165) is 6.71 Å². The van der Waals surface area contributed by atoms with Gasteiger partial charge in [0.05, 0.1) is 0 Å². The second-order valence-electron chi connectivity index (χ2n) is 3.59. The summed E-state index contributed by atoms with van der Waals surface area (Å²) in [6.07, 6.45) is 1.25. The van der Waals surface area contributed by atoms with E-state index in [4.69, 9.17) is 0 Å². The highest BCUT2D eigenvalue weighted by Gasteiger charge is 1.76. The van der Waals surface area contributed by atoms with Crippen molar-refractivity contribution in [1.82, 2.24) is 0 Å². The van der Waals surface area contributed by atoms with Crippen LogP contribution >= 0.6 is 0 Å². The SMILES string of the molecule is CB(C)C.CC.CCC.c1ccccc1. The first kappa shape index (κ1) is 19.8. The van der Waals surface area contributed by atoms with Gasteiger partial charge in [-0.05, 0) is 0 Å². The largest absolute Gasteiger partial charge is 0.130 e. The molecule has 15 heavy (non-hydrogen) atoms. The van der Waals surface area contributed by atoms with E-state index in [0.29, 0.717) is 0 Å². The number of hydrogen-bond donors (Lipinski definition) is 0. The molecule has 1 aromatic rings. The molecular formula is C14H29B. The van der Waals surface area contributed by atoms with E-state index in [1.54, 1.807) is 0 Å². The van der Waals surface area contributed by atoms with Gasteiger partial charge in [-0.15, -0.1) is 0 Å². The molecule has 0 amide bonds. The molecule has 0 aliphatic rings. The van der Waals surface area contributed by atoms with Crippen molar-refractivity contribution in [3.63, 3.8) is 0 Å². The molecule has 1 rings (SSSR count). The van der Waals surface area contributed by atoms with Crippen molar-refractivity contribution in [2.45, 2.75) is 54.6 Å². The molecule has 0 nitrogen and oxygen atoms in total. The lowest BCUT2D eigenvalue weighted by atomic mass is 9.58. The Morgan fingerprint density at radius 2 is 0.733 bits per heavy atom. The van der Waals surface area contributed by atoms with Crippen molar-refractivity contribution in [3.05, 3.63) is 36.4 Å². The summed E-state index contributed by atoms with van der Waals surface area (Å²) in [6, 6.07) is 12.0. The Morgan fingerprint density at radius 3 is 0.800 bits per heavy atom. The molecule has 0 unspecified atom stereocenters. The molecule has 1 heteroatoms.